The summed E-state index contributed by atoms with van der Waals surface area (Å²) in [6.07, 6.45) is 0.605. The molecule has 0 aliphatic heterocycles. The van der Waals surface area contributed by atoms with Crippen LogP contribution in [0.5, 0.6) is 0 Å². The summed E-state index contributed by atoms with van der Waals surface area (Å²) in [5.74, 6) is 0. The summed E-state index contributed by atoms with van der Waals surface area (Å²) in [5, 5.41) is 3.71. The molecule has 3 aromatic heterocycles. The molecule has 0 aliphatic rings. The SMILES string of the molecule is O=S(=O)(c1ccccc1)n1cc(-c2cnn(CC(F)(F)F)c2)c2nc(Br)cnc21. The zero-order valence-electron chi connectivity index (χ0n) is 14.4. The number of halogens is 4. The van der Waals surface area contributed by atoms with Crippen LogP contribution in [0, 0.1) is 0 Å². The lowest BCUT2D eigenvalue weighted by Gasteiger charge is -2.06. The largest absolute Gasteiger partial charge is 0.408 e. The highest BCUT2D eigenvalue weighted by atomic mass is 79.9. The first-order valence-corrected chi connectivity index (χ1v) is 10.3. The van der Waals surface area contributed by atoms with E-state index in [2.05, 4.69) is 31.0 Å². The summed E-state index contributed by atoms with van der Waals surface area (Å²) in [6.45, 7) is -1.26. The highest BCUT2D eigenvalue weighted by Crippen LogP contribution is 2.32. The first kappa shape index (κ1) is 19.6. The van der Waals surface area contributed by atoms with E-state index in [1.54, 1.807) is 18.2 Å². The molecule has 3 heterocycles. The van der Waals surface area contributed by atoms with Crippen LogP contribution < -0.4 is 0 Å². The second-order valence-corrected chi connectivity index (χ2v) is 8.69. The van der Waals surface area contributed by atoms with Crippen LogP contribution in [0.2, 0.25) is 0 Å². The van der Waals surface area contributed by atoms with Crippen molar-refractivity contribution in [2.75, 3.05) is 0 Å². The molecule has 0 atom stereocenters. The Morgan fingerprint density at radius 2 is 1.79 bits per heavy atom. The highest BCUT2D eigenvalue weighted by Gasteiger charge is 2.29. The Labute approximate surface area is 171 Å². The number of aromatic nitrogens is 5. The van der Waals surface area contributed by atoms with Crippen LogP contribution in [-0.2, 0) is 16.6 Å². The van der Waals surface area contributed by atoms with E-state index in [1.165, 1.54) is 36.9 Å². The zero-order valence-corrected chi connectivity index (χ0v) is 16.8. The molecule has 0 saturated heterocycles. The monoisotopic (exact) mass is 485 g/mol. The minimum absolute atomic E-state index is 0.0425. The lowest BCUT2D eigenvalue weighted by atomic mass is 10.2. The molecule has 0 radical (unpaired) electrons. The molecule has 150 valence electrons. The number of benzene rings is 1. The number of rotatable bonds is 4. The van der Waals surface area contributed by atoms with Crippen LogP contribution in [0.25, 0.3) is 22.3 Å². The lowest BCUT2D eigenvalue weighted by molar-refractivity contribution is -0.142. The molecule has 0 saturated carbocycles. The minimum atomic E-state index is -4.43. The maximum Gasteiger partial charge on any atom is 0.408 e. The highest BCUT2D eigenvalue weighted by molar-refractivity contribution is 9.10. The third-order valence-corrected chi connectivity index (χ3v) is 6.07. The Hall–Kier alpha value is -2.73. The van der Waals surface area contributed by atoms with Gasteiger partial charge in [-0.15, -0.1) is 0 Å². The molecule has 4 aromatic rings. The Balaban J connectivity index is 1.90. The van der Waals surface area contributed by atoms with Gasteiger partial charge in [-0.3, -0.25) is 4.68 Å². The van der Waals surface area contributed by atoms with Crippen LogP contribution >= 0.6 is 15.9 Å². The van der Waals surface area contributed by atoms with E-state index in [0.717, 1.165) is 8.65 Å². The Morgan fingerprint density at radius 3 is 2.48 bits per heavy atom. The summed E-state index contributed by atoms with van der Waals surface area (Å²) in [7, 11) is -4.00. The molecule has 0 bridgehead atoms. The normalized spacial score (nSPS) is 12.6. The summed E-state index contributed by atoms with van der Waals surface area (Å²) < 4.78 is 66.1. The molecule has 4 rings (SSSR count). The van der Waals surface area contributed by atoms with Gasteiger partial charge in [0.05, 0.1) is 17.3 Å². The first-order chi connectivity index (χ1) is 13.6. The molecule has 0 amide bonds. The van der Waals surface area contributed by atoms with Crippen molar-refractivity contribution in [2.45, 2.75) is 17.6 Å². The number of nitrogens with zero attached hydrogens (tertiary/aromatic N) is 5. The summed E-state index contributed by atoms with van der Waals surface area (Å²) in [6, 6.07) is 7.74. The Morgan fingerprint density at radius 1 is 1.07 bits per heavy atom. The van der Waals surface area contributed by atoms with E-state index >= 15 is 0 Å². The van der Waals surface area contributed by atoms with Gasteiger partial charge in [0, 0.05) is 23.5 Å². The molecular formula is C17H11BrF3N5O2S. The van der Waals surface area contributed by atoms with Gasteiger partial charge in [-0.05, 0) is 28.1 Å². The van der Waals surface area contributed by atoms with E-state index in [4.69, 9.17) is 0 Å². The average molecular weight is 486 g/mol. The molecule has 0 unspecified atom stereocenters. The third kappa shape index (κ3) is 3.77. The second-order valence-electron chi connectivity index (χ2n) is 6.06. The number of alkyl halides is 3. The fourth-order valence-corrected chi connectivity index (χ4v) is 4.43. The van der Waals surface area contributed by atoms with E-state index in [9.17, 15) is 21.6 Å². The Bertz CT molecular complexity index is 1300. The van der Waals surface area contributed by atoms with Crippen molar-refractivity contribution in [1.29, 1.82) is 0 Å². The van der Waals surface area contributed by atoms with Crippen LogP contribution in [0.1, 0.15) is 0 Å². The van der Waals surface area contributed by atoms with E-state index in [-0.39, 0.29) is 21.6 Å². The van der Waals surface area contributed by atoms with Gasteiger partial charge in [-0.2, -0.15) is 18.3 Å². The van der Waals surface area contributed by atoms with Crippen LogP contribution in [-0.4, -0.2) is 38.3 Å². The van der Waals surface area contributed by atoms with Gasteiger partial charge < -0.3 is 0 Å². The molecule has 12 heteroatoms. The van der Waals surface area contributed by atoms with Crippen molar-refractivity contribution in [3.63, 3.8) is 0 Å². The summed E-state index contributed by atoms with van der Waals surface area (Å²) in [5.41, 5.74) is 0.844. The van der Waals surface area contributed by atoms with Gasteiger partial charge in [0.25, 0.3) is 10.0 Å². The van der Waals surface area contributed by atoms with Gasteiger partial charge in [0.1, 0.15) is 16.7 Å². The number of hydrogen-bond donors (Lipinski definition) is 0. The quantitative estimate of drug-likeness (QED) is 0.438. The van der Waals surface area contributed by atoms with Gasteiger partial charge in [-0.25, -0.2) is 22.4 Å². The number of hydrogen-bond acceptors (Lipinski definition) is 5. The predicted octanol–water partition coefficient (Wildman–Crippen LogP) is 3.86. The van der Waals surface area contributed by atoms with Crippen LogP contribution in [0.3, 0.4) is 0 Å². The maximum absolute atomic E-state index is 13.1. The third-order valence-electron chi connectivity index (χ3n) is 4.02. The second kappa shape index (κ2) is 6.95. The van der Waals surface area contributed by atoms with Gasteiger partial charge >= 0.3 is 6.18 Å². The zero-order chi connectivity index (χ0) is 20.8. The molecule has 0 N–H and O–H groups in total. The van der Waals surface area contributed by atoms with Crippen molar-refractivity contribution < 1.29 is 21.6 Å². The molecule has 0 aliphatic carbocycles. The van der Waals surface area contributed by atoms with E-state index < -0.39 is 22.7 Å². The summed E-state index contributed by atoms with van der Waals surface area (Å²) in [4.78, 5) is 8.47. The van der Waals surface area contributed by atoms with Crippen molar-refractivity contribution in [2.24, 2.45) is 0 Å². The molecule has 29 heavy (non-hydrogen) atoms. The molecule has 7 nitrogen and oxygen atoms in total. The topological polar surface area (TPSA) is 82.7 Å². The fourth-order valence-electron chi connectivity index (χ4n) is 2.82. The molecule has 0 spiro atoms. The average Bonchev–Trinajstić information content (AvgIpc) is 3.25. The van der Waals surface area contributed by atoms with Gasteiger partial charge in [0.15, 0.2) is 5.65 Å². The summed E-state index contributed by atoms with van der Waals surface area (Å²) >= 11 is 3.19. The fraction of sp³-hybridized carbons (Fsp3) is 0.118. The molecule has 1 aromatic carbocycles. The lowest BCUT2D eigenvalue weighted by Crippen LogP contribution is -2.17. The van der Waals surface area contributed by atoms with Crippen molar-refractivity contribution in [3.05, 3.63) is 59.7 Å². The molecular weight excluding hydrogens is 475 g/mol. The van der Waals surface area contributed by atoms with Crippen LogP contribution in [0.15, 0.2) is 64.6 Å². The standard InChI is InChI=1S/C17H11BrF3N5O2S/c18-14-7-22-16-15(24-14)13(11-6-23-25(8-11)10-17(19,20)21)9-26(16)29(27,28)12-4-2-1-3-5-12/h1-9H,10H2. The first-order valence-electron chi connectivity index (χ1n) is 8.09. The van der Waals surface area contributed by atoms with Crippen molar-refractivity contribution >= 4 is 37.1 Å². The molecule has 0 fully saturated rings. The maximum atomic E-state index is 13.1. The van der Waals surface area contributed by atoms with Gasteiger partial charge in [0.2, 0.25) is 0 Å². The predicted molar refractivity (Wildman–Crippen MR) is 102 cm³/mol. The van der Waals surface area contributed by atoms with E-state index in [0.29, 0.717) is 10.2 Å². The number of fused-ring (bicyclic) bond motifs is 1. The van der Waals surface area contributed by atoms with Crippen molar-refractivity contribution in [1.82, 2.24) is 23.7 Å². The Kier molecular flexibility index (Phi) is 4.69. The van der Waals surface area contributed by atoms with E-state index in [1.807, 2.05) is 0 Å². The minimum Gasteiger partial charge on any atom is -0.263 e. The van der Waals surface area contributed by atoms with Crippen LogP contribution in [0.4, 0.5) is 13.2 Å². The van der Waals surface area contributed by atoms with Gasteiger partial charge in [-0.1, -0.05) is 18.2 Å². The van der Waals surface area contributed by atoms with Crippen molar-refractivity contribution in [3.8, 4) is 11.1 Å². The smallest absolute Gasteiger partial charge is 0.263 e.